The zero-order valence-electron chi connectivity index (χ0n) is 18.9. The van der Waals surface area contributed by atoms with Crippen molar-refractivity contribution in [1.82, 2.24) is 9.03 Å². The number of ether oxygens (including phenoxy) is 1. The predicted octanol–water partition coefficient (Wildman–Crippen LogP) is 2.73. The fourth-order valence-electron chi connectivity index (χ4n) is 3.66. The van der Waals surface area contributed by atoms with Crippen LogP contribution in [-0.4, -0.2) is 54.3 Å². The number of anilines is 1. The standard InChI is InChI=1S/C22H29N3O6S2/c1-16-8-10-18(32(27,28)23-2)15-19(16)24-22(26)17-9-11-20(31-3)21(14-17)33(29,30)25-12-6-4-5-7-13-25/h8-11,14-15,23H,4-7,12-13H2,1-3H3,(H,24,26). The fourth-order valence-corrected chi connectivity index (χ4v) is 6.11. The molecule has 3 rings (SSSR count). The number of methoxy groups -OCH3 is 1. The third kappa shape index (κ3) is 5.55. The van der Waals surface area contributed by atoms with Crippen LogP contribution in [0.5, 0.6) is 5.75 Å². The number of rotatable bonds is 7. The Morgan fingerprint density at radius 2 is 1.64 bits per heavy atom. The number of amides is 1. The maximum Gasteiger partial charge on any atom is 0.255 e. The van der Waals surface area contributed by atoms with E-state index >= 15 is 0 Å². The van der Waals surface area contributed by atoms with Gasteiger partial charge in [0.1, 0.15) is 10.6 Å². The molecule has 1 amide bonds. The average Bonchev–Trinajstić information content (AvgIpc) is 3.10. The number of carbonyl (C=O) groups excluding carboxylic acids is 1. The van der Waals surface area contributed by atoms with E-state index in [1.54, 1.807) is 13.0 Å². The van der Waals surface area contributed by atoms with Gasteiger partial charge in [-0.15, -0.1) is 0 Å². The van der Waals surface area contributed by atoms with Crippen molar-refractivity contribution >= 4 is 31.6 Å². The Labute approximate surface area is 195 Å². The molecule has 2 aromatic carbocycles. The van der Waals surface area contributed by atoms with Crippen LogP contribution in [0.15, 0.2) is 46.2 Å². The monoisotopic (exact) mass is 495 g/mol. The van der Waals surface area contributed by atoms with Gasteiger partial charge in [-0.1, -0.05) is 18.9 Å². The van der Waals surface area contributed by atoms with E-state index in [-0.39, 0.29) is 21.1 Å². The molecule has 0 atom stereocenters. The predicted molar refractivity (Wildman–Crippen MR) is 126 cm³/mol. The minimum Gasteiger partial charge on any atom is -0.495 e. The molecule has 33 heavy (non-hydrogen) atoms. The zero-order chi connectivity index (χ0) is 24.2. The Hall–Kier alpha value is -2.47. The first-order valence-corrected chi connectivity index (χ1v) is 13.6. The summed E-state index contributed by atoms with van der Waals surface area (Å²) in [6.07, 6.45) is 3.53. The second-order valence-corrected chi connectivity index (χ2v) is 11.6. The second-order valence-electron chi connectivity index (χ2n) is 7.82. The maximum atomic E-state index is 13.3. The van der Waals surface area contributed by atoms with E-state index in [1.165, 1.54) is 48.8 Å². The van der Waals surface area contributed by atoms with Crippen LogP contribution < -0.4 is 14.8 Å². The van der Waals surface area contributed by atoms with Crippen LogP contribution in [0.3, 0.4) is 0 Å². The lowest BCUT2D eigenvalue weighted by Crippen LogP contribution is -2.32. The molecule has 11 heteroatoms. The van der Waals surface area contributed by atoms with Gasteiger partial charge in [0.15, 0.2) is 0 Å². The highest BCUT2D eigenvalue weighted by Gasteiger charge is 2.29. The lowest BCUT2D eigenvalue weighted by atomic mass is 10.1. The second kappa shape index (κ2) is 10.2. The lowest BCUT2D eigenvalue weighted by molar-refractivity contribution is 0.102. The molecule has 0 aliphatic carbocycles. The van der Waals surface area contributed by atoms with E-state index < -0.39 is 26.0 Å². The molecule has 1 saturated heterocycles. The van der Waals surface area contributed by atoms with Crippen LogP contribution in [0, 0.1) is 6.92 Å². The van der Waals surface area contributed by atoms with E-state index in [1.807, 2.05) is 0 Å². The molecule has 2 aromatic rings. The largest absolute Gasteiger partial charge is 0.495 e. The van der Waals surface area contributed by atoms with Crippen LogP contribution in [-0.2, 0) is 20.0 Å². The molecule has 0 aromatic heterocycles. The van der Waals surface area contributed by atoms with Crippen LogP contribution in [0.1, 0.15) is 41.6 Å². The number of benzene rings is 2. The normalized spacial score (nSPS) is 15.6. The first-order chi connectivity index (χ1) is 15.6. The van der Waals surface area contributed by atoms with Crippen LogP contribution in [0.4, 0.5) is 5.69 Å². The molecule has 1 heterocycles. The number of nitrogens with one attached hydrogen (secondary N) is 2. The molecule has 9 nitrogen and oxygen atoms in total. The van der Waals surface area contributed by atoms with Gasteiger partial charge in [0.25, 0.3) is 5.91 Å². The summed E-state index contributed by atoms with van der Waals surface area (Å²) in [4.78, 5) is 12.9. The molecule has 1 aliphatic rings. The van der Waals surface area contributed by atoms with Gasteiger partial charge in [-0.3, -0.25) is 4.79 Å². The van der Waals surface area contributed by atoms with Crippen molar-refractivity contribution < 1.29 is 26.4 Å². The van der Waals surface area contributed by atoms with Crippen LogP contribution >= 0.6 is 0 Å². The average molecular weight is 496 g/mol. The van der Waals surface area contributed by atoms with Crippen molar-refractivity contribution in [1.29, 1.82) is 0 Å². The van der Waals surface area contributed by atoms with Gasteiger partial charge in [-0.2, -0.15) is 4.31 Å². The molecular weight excluding hydrogens is 466 g/mol. The Balaban J connectivity index is 1.95. The highest BCUT2D eigenvalue weighted by atomic mass is 32.2. The van der Waals surface area contributed by atoms with Crippen molar-refractivity contribution in [2.24, 2.45) is 0 Å². The fraction of sp³-hybridized carbons (Fsp3) is 0.409. The van der Waals surface area contributed by atoms with E-state index in [0.717, 1.165) is 25.7 Å². The Kier molecular flexibility index (Phi) is 7.78. The third-order valence-corrected chi connectivity index (χ3v) is 8.98. The number of carbonyl (C=O) groups is 1. The van der Waals surface area contributed by atoms with Crippen molar-refractivity contribution in [3.05, 3.63) is 47.5 Å². The summed E-state index contributed by atoms with van der Waals surface area (Å²) >= 11 is 0. The molecule has 0 spiro atoms. The molecule has 0 unspecified atom stereocenters. The Bertz CT molecular complexity index is 1230. The van der Waals surface area contributed by atoms with Gasteiger partial charge < -0.3 is 10.1 Å². The minimum atomic E-state index is -3.85. The van der Waals surface area contributed by atoms with E-state index in [0.29, 0.717) is 24.3 Å². The summed E-state index contributed by atoms with van der Waals surface area (Å²) in [6, 6.07) is 8.61. The number of hydrogen-bond donors (Lipinski definition) is 2. The highest BCUT2D eigenvalue weighted by Crippen LogP contribution is 2.30. The van der Waals surface area contributed by atoms with E-state index in [4.69, 9.17) is 4.74 Å². The summed E-state index contributed by atoms with van der Waals surface area (Å²) in [7, 11) is -4.86. The highest BCUT2D eigenvalue weighted by molar-refractivity contribution is 7.89. The Morgan fingerprint density at radius 1 is 0.970 bits per heavy atom. The number of nitrogens with zero attached hydrogens (tertiary/aromatic N) is 1. The van der Waals surface area contributed by atoms with E-state index in [9.17, 15) is 21.6 Å². The molecule has 1 fully saturated rings. The van der Waals surface area contributed by atoms with Crippen LogP contribution in [0.2, 0.25) is 0 Å². The number of aryl methyl sites for hydroxylation is 1. The van der Waals surface area contributed by atoms with Gasteiger partial charge in [0.2, 0.25) is 20.0 Å². The van der Waals surface area contributed by atoms with Gasteiger partial charge in [-0.25, -0.2) is 21.6 Å². The summed E-state index contributed by atoms with van der Waals surface area (Å²) in [6.45, 7) is 2.58. The molecule has 0 saturated carbocycles. The smallest absolute Gasteiger partial charge is 0.255 e. The summed E-state index contributed by atoms with van der Waals surface area (Å²) < 4.78 is 59.9. The molecule has 1 aliphatic heterocycles. The first kappa shape index (κ1) is 25.2. The molecule has 2 N–H and O–H groups in total. The summed E-state index contributed by atoms with van der Waals surface area (Å²) in [5.74, 6) is -0.402. The minimum absolute atomic E-state index is 0.00469. The summed E-state index contributed by atoms with van der Waals surface area (Å²) in [5.41, 5.74) is 1.08. The first-order valence-electron chi connectivity index (χ1n) is 10.6. The maximum absolute atomic E-state index is 13.3. The zero-order valence-corrected chi connectivity index (χ0v) is 20.6. The van der Waals surface area contributed by atoms with Gasteiger partial charge in [-0.05, 0) is 62.7 Å². The van der Waals surface area contributed by atoms with Crippen molar-refractivity contribution in [2.75, 3.05) is 32.6 Å². The van der Waals surface area contributed by atoms with Gasteiger partial charge in [0, 0.05) is 24.3 Å². The number of sulfonamides is 2. The SMILES string of the molecule is CNS(=O)(=O)c1ccc(C)c(NC(=O)c2ccc(OC)c(S(=O)(=O)N3CCCCCC3)c2)c1. The van der Waals surface area contributed by atoms with Gasteiger partial charge >= 0.3 is 0 Å². The molecular formula is C22H29N3O6S2. The quantitative estimate of drug-likeness (QED) is 0.609. The lowest BCUT2D eigenvalue weighted by Gasteiger charge is -2.21. The topological polar surface area (TPSA) is 122 Å². The van der Waals surface area contributed by atoms with Crippen molar-refractivity contribution in [3.8, 4) is 5.75 Å². The molecule has 0 radical (unpaired) electrons. The van der Waals surface area contributed by atoms with Crippen molar-refractivity contribution in [2.45, 2.75) is 42.4 Å². The van der Waals surface area contributed by atoms with Crippen molar-refractivity contribution in [3.63, 3.8) is 0 Å². The summed E-state index contributed by atoms with van der Waals surface area (Å²) in [5, 5.41) is 2.69. The molecule has 180 valence electrons. The van der Waals surface area contributed by atoms with Crippen LogP contribution in [0.25, 0.3) is 0 Å². The van der Waals surface area contributed by atoms with Gasteiger partial charge in [0.05, 0.1) is 12.0 Å². The Morgan fingerprint density at radius 3 is 2.24 bits per heavy atom. The van der Waals surface area contributed by atoms with E-state index in [2.05, 4.69) is 10.0 Å². The molecule has 0 bridgehead atoms. The number of hydrogen-bond acceptors (Lipinski definition) is 6. The third-order valence-electron chi connectivity index (χ3n) is 5.64.